The number of hydrogen-bond acceptors (Lipinski definition) is 5. The minimum Gasteiger partial charge on any atom is -0.391 e. The molecule has 1 fully saturated rings. The van der Waals surface area contributed by atoms with Crippen molar-refractivity contribution in [3.05, 3.63) is 45.7 Å². The highest BCUT2D eigenvalue weighted by Crippen LogP contribution is 2.36. The van der Waals surface area contributed by atoms with E-state index in [0.29, 0.717) is 23.1 Å². The molecule has 1 aromatic carbocycles. The number of oxime groups is 1. The molecule has 4 nitrogen and oxygen atoms in total. The van der Waals surface area contributed by atoms with Crippen LogP contribution in [0.1, 0.15) is 23.3 Å². The largest absolute Gasteiger partial charge is 0.391 e. The average Bonchev–Trinajstić information content (AvgIpc) is 3.09. The van der Waals surface area contributed by atoms with Crippen LogP contribution in [0, 0.1) is 11.7 Å². The van der Waals surface area contributed by atoms with E-state index in [1.54, 1.807) is 12.3 Å². The summed E-state index contributed by atoms with van der Waals surface area (Å²) in [7, 11) is 0. The van der Waals surface area contributed by atoms with Gasteiger partial charge >= 0.3 is 6.18 Å². The Balaban J connectivity index is 1.52. The van der Waals surface area contributed by atoms with E-state index in [-0.39, 0.29) is 30.0 Å². The lowest BCUT2D eigenvalue weighted by Gasteiger charge is -2.32. The number of piperidine rings is 1. The molecule has 0 atom stereocenters. The highest BCUT2D eigenvalue weighted by molar-refractivity contribution is 7.17. The summed E-state index contributed by atoms with van der Waals surface area (Å²) in [5.74, 6) is -1.71. The predicted octanol–water partition coefficient (Wildman–Crippen LogP) is 5.27. The Hall–Kier alpha value is -1.87. The Bertz CT molecular complexity index is 783. The van der Waals surface area contributed by atoms with E-state index in [1.807, 2.05) is 4.90 Å². The monoisotopic (exact) mass is 421 g/mol. The first-order valence-corrected chi connectivity index (χ1v) is 9.40. The van der Waals surface area contributed by atoms with Crippen molar-refractivity contribution in [2.45, 2.75) is 25.6 Å². The summed E-state index contributed by atoms with van der Waals surface area (Å²) in [4.78, 5) is 11.8. The summed E-state index contributed by atoms with van der Waals surface area (Å²) in [5.41, 5.74) is 0.217. The first kappa shape index (κ1) is 19.9. The molecular weight excluding hydrogens is 406 g/mol. The quantitative estimate of drug-likeness (QED) is 0.375. The molecular formula is C17H16ClF4N3OS. The number of rotatable bonds is 5. The molecule has 0 aliphatic carbocycles. The van der Waals surface area contributed by atoms with Crippen LogP contribution in [-0.4, -0.2) is 30.5 Å². The second-order valence-corrected chi connectivity index (χ2v) is 7.50. The summed E-state index contributed by atoms with van der Waals surface area (Å²) in [5, 5.41) is 4.68. The van der Waals surface area contributed by atoms with Gasteiger partial charge in [0.2, 0.25) is 0 Å². The van der Waals surface area contributed by atoms with Gasteiger partial charge in [-0.15, -0.1) is 0 Å². The smallest absolute Gasteiger partial charge is 0.391 e. The topological polar surface area (TPSA) is 37.7 Å². The third-order valence-corrected chi connectivity index (χ3v) is 5.61. The Morgan fingerprint density at radius 3 is 2.74 bits per heavy atom. The van der Waals surface area contributed by atoms with Gasteiger partial charge in [-0.25, -0.2) is 9.37 Å². The Kier molecular flexibility index (Phi) is 6.21. The van der Waals surface area contributed by atoms with Gasteiger partial charge in [0.05, 0.1) is 22.0 Å². The molecule has 10 heteroatoms. The molecule has 0 radical (unpaired) electrons. The zero-order chi connectivity index (χ0) is 19.4. The van der Waals surface area contributed by atoms with Crippen molar-refractivity contribution in [1.29, 1.82) is 0 Å². The van der Waals surface area contributed by atoms with Gasteiger partial charge in [0.1, 0.15) is 12.4 Å². The molecule has 1 aliphatic heterocycles. The van der Waals surface area contributed by atoms with Crippen LogP contribution in [0.5, 0.6) is 0 Å². The first-order chi connectivity index (χ1) is 12.8. The number of nitrogens with zero attached hydrogens (tertiary/aromatic N) is 3. The molecule has 2 aromatic rings. The van der Waals surface area contributed by atoms with Gasteiger partial charge in [-0.1, -0.05) is 34.2 Å². The number of halogens is 5. The number of alkyl halides is 3. The molecule has 1 saturated heterocycles. The van der Waals surface area contributed by atoms with Crippen LogP contribution in [-0.2, 0) is 11.4 Å². The van der Waals surface area contributed by atoms with Crippen molar-refractivity contribution in [2.75, 3.05) is 18.0 Å². The van der Waals surface area contributed by atoms with Gasteiger partial charge in [-0.2, -0.15) is 13.2 Å². The Morgan fingerprint density at radius 1 is 1.33 bits per heavy atom. The molecule has 0 bridgehead atoms. The minimum atomic E-state index is -4.13. The molecule has 1 aliphatic rings. The first-order valence-electron chi connectivity index (χ1n) is 8.20. The number of aromatic nitrogens is 1. The van der Waals surface area contributed by atoms with Crippen LogP contribution in [0.3, 0.4) is 0 Å². The molecule has 0 N–H and O–H groups in total. The standard InChI is InChI=1S/C17H16ClF4N3OS/c18-14-2-1-3-15(19)13(14)10-26-24-9-12-8-23-16(27-12)25-6-4-11(5-7-25)17(20,21)22/h1-3,8-9,11H,4-7,10H2/b24-9+. The molecule has 0 saturated carbocycles. The summed E-state index contributed by atoms with van der Waals surface area (Å²) in [6.45, 7) is 0.520. The van der Waals surface area contributed by atoms with Crippen molar-refractivity contribution in [1.82, 2.24) is 4.98 Å². The Labute approximate surface area is 162 Å². The fourth-order valence-corrected chi connectivity index (χ4v) is 3.79. The molecule has 2 heterocycles. The second-order valence-electron chi connectivity index (χ2n) is 6.06. The number of thiazole rings is 1. The maximum atomic E-state index is 13.6. The van der Waals surface area contributed by atoms with E-state index < -0.39 is 17.9 Å². The van der Waals surface area contributed by atoms with E-state index in [9.17, 15) is 17.6 Å². The fourth-order valence-electron chi connectivity index (χ4n) is 2.74. The van der Waals surface area contributed by atoms with Gasteiger partial charge in [0.25, 0.3) is 0 Å². The van der Waals surface area contributed by atoms with Crippen molar-refractivity contribution < 1.29 is 22.4 Å². The lowest BCUT2D eigenvalue weighted by molar-refractivity contribution is -0.179. The van der Waals surface area contributed by atoms with Crippen LogP contribution in [0.25, 0.3) is 0 Å². The Morgan fingerprint density at radius 2 is 2.07 bits per heavy atom. The van der Waals surface area contributed by atoms with Gasteiger partial charge in [0.15, 0.2) is 5.13 Å². The molecule has 146 valence electrons. The summed E-state index contributed by atoms with van der Waals surface area (Å²) >= 11 is 7.20. The number of hydrogen-bond donors (Lipinski definition) is 0. The van der Waals surface area contributed by atoms with Crippen molar-refractivity contribution in [2.24, 2.45) is 11.1 Å². The summed E-state index contributed by atoms with van der Waals surface area (Å²) in [6.07, 6.45) is -1.000. The van der Waals surface area contributed by atoms with Gasteiger partial charge < -0.3 is 9.74 Å². The molecule has 1 aromatic heterocycles. The lowest BCUT2D eigenvalue weighted by Crippen LogP contribution is -2.38. The van der Waals surface area contributed by atoms with Crippen LogP contribution >= 0.6 is 22.9 Å². The summed E-state index contributed by atoms with van der Waals surface area (Å²) < 4.78 is 51.8. The maximum Gasteiger partial charge on any atom is 0.391 e. The molecule has 0 spiro atoms. The normalized spacial score (nSPS) is 16.3. The van der Waals surface area contributed by atoms with Crippen LogP contribution < -0.4 is 4.90 Å². The summed E-state index contributed by atoms with van der Waals surface area (Å²) in [6, 6.07) is 4.34. The number of benzene rings is 1. The number of anilines is 1. The molecule has 27 heavy (non-hydrogen) atoms. The third kappa shape index (κ3) is 5.10. The van der Waals surface area contributed by atoms with Gasteiger partial charge in [0, 0.05) is 24.8 Å². The van der Waals surface area contributed by atoms with Crippen molar-refractivity contribution in [3.63, 3.8) is 0 Å². The fraction of sp³-hybridized carbons (Fsp3) is 0.412. The highest BCUT2D eigenvalue weighted by Gasteiger charge is 2.41. The molecule has 3 rings (SSSR count). The second kappa shape index (κ2) is 8.43. The maximum absolute atomic E-state index is 13.6. The predicted molar refractivity (Wildman–Crippen MR) is 96.9 cm³/mol. The van der Waals surface area contributed by atoms with E-state index in [1.165, 1.54) is 29.7 Å². The molecule has 0 unspecified atom stereocenters. The van der Waals surface area contributed by atoms with Crippen molar-refractivity contribution in [3.8, 4) is 0 Å². The van der Waals surface area contributed by atoms with Gasteiger partial charge in [-0.05, 0) is 25.0 Å². The average molecular weight is 422 g/mol. The van der Waals surface area contributed by atoms with E-state index in [0.717, 1.165) is 0 Å². The van der Waals surface area contributed by atoms with Gasteiger partial charge in [-0.3, -0.25) is 0 Å². The SMILES string of the molecule is Fc1cccc(Cl)c1CO/N=C/c1cnc(N2CCC(C(F)(F)F)CC2)s1. The van der Waals surface area contributed by atoms with Crippen LogP contribution in [0.2, 0.25) is 5.02 Å². The highest BCUT2D eigenvalue weighted by atomic mass is 35.5. The third-order valence-electron chi connectivity index (χ3n) is 4.26. The minimum absolute atomic E-state index is 0.0685. The van der Waals surface area contributed by atoms with E-state index in [2.05, 4.69) is 10.1 Å². The lowest BCUT2D eigenvalue weighted by atomic mass is 9.97. The van der Waals surface area contributed by atoms with E-state index in [4.69, 9.17) is 16.4 Å². The zero-order valence-electron chi connectivity index (χ0n) is 14.0. The van der Waals surface area contributed by atoms with Crippen LogP contribution in [0.4, 0.5) is 22.7 Å². The van der Waals surface area contributed by atoms with E-state index >= 15 is 0 Å². The van der Waals surface area contributed by atoms with Crippen LogP contribution in [0.15, 0.2) is 29.6 Å². The van der Waals surface area contributed by atoms with Crippen molar-refractivity contribution >= 4 is 34.3 Å². The molecule has 0 amide bonds. The zero-order valence-corrected chi connectivity index (χ0v) is 15.6.